The molecule has 16 nitrogen and oxygen atoms in total. The first-order valence-corrected chi connectivity index (χ1v) is 23.9. The number of carbonyl (C=O) groups is 5. The Balaban J connectivity index is 1.62. The summed E-state index contributed by atoms with van der Waals surface area (Å²) in [5, 5.41) is 32.3. The van der Waals surface area contributed by atoms with Crippen molar-refractivity contribution in [3.63, 3.8) is 0 Å². The number of anilines is 1. The molecule has 1 aromatic carbocycles. The molecule has 0 unspecified atom stereocenters. The number of likely N-dealkylation sites (tertiary alicyclic amines) is 1. The Labute approximate surface area is 383 Å². The molecule has 1 saturated heterocycles. The summed E-state index contributed by atoms with van der Waals surface area (Å²) < 4.78 is 5.96. The number of piperidine rings is 1. The molecule has 3 amide bonds. The third-order valence-corrected chi connectivity index (χ3v) is 13.1. The largest absolute Gasteiger partial charge is 0.481 e. The fraction of sp³-hybridized carbons (Fsp3) is 0.660. The number of nitrogens with zero attached hydrogens (tertiary/aromatic N) is 5. The van der Waals surface area contributed by atoms with Gasteiger partial charge in [0.2, 0.25) is 11.8 Å². The third-order valence-electron chi connectivity index (χ3n) is 12.2. The highest BCUT2D eigenvalue weighted by Crippen LogP contribution is 2.32. The van der Waals surface area contributed by atoms with Crippen LogP contribution < -0.4 is 16.0 Å². The number of benzene rings is 1. The quantitative estimate of drug-likeness (QED) is 0.0439. The van der Waals surface area contributed by atoms with Gasteiger partial charge in [-0.05, 0) is 116 Å². The average molecular weight is 908 g/mol. The Kier molecular flexibility index (Phi) is 19.7. The molecule has 0 radical (unpaired) electrons. The summed E-state index contributed by atoms with van der Waals surface area (Å²) in [6.45, 7) is 17.9. The second-order valence-electron chi connectivity index (χ2n) is 18.8. The van der Waals surface area contributed by atoms with E-state index in [1.54, 1.807) is 25.4 Å². The van der Waals surface area contributed by atoms with Crippen molar-refractivity contribution in [3.8, 4) is 0 Å². The third kappa shape index (κ3) is 15.4. The summed E-state index contributed by atoms with van der Waals surface area (Å²) in [4.78, 5) is 76.4. The van der Waals surface area contributed by atoms with Crippen molar-refractivity contribution in [1.82, 2.24) is 40.8 Å². The van der Waals surface area contributed by atoms with Crippen LogP contribution in [0.5, 0.6) is 0 Å². The molecule has 3 aromatic rings. The van der Waals surface area contributed by atoms with E-state index < -0.39 is 47.5 Å². The molecule has 354 valence electrons. The lowest BCUT2D eigenvalue weighted by molar-refractivity contribution is -0.150. The van der Waals surface area contributed by atoms with Crippen LogP contribution in [0.2, 0.25) is 0 Å². The SMILES string of the molecule is CC[C@H](C)[C@H](NC(=O)[C@H]1CCCCN1C)C(=O)N(CCCCc1cn[nH]n1)[C@H](C[C@@H](OC(C)=O)c1nc(C(=O)N[C@@H](Cc2ccc(NC(C)C)cc2)CC(C)(C)C(=O)O)cs1)C(C)C. The standard InChI is InChI=1S/C47H73N9O7S/c1-11-31(6)41(52-43(59)38-17-13-14-22-55(38)10)45(60)56(23-15-12-16-35-27-48-54-53-35)39(29(2)3)25-40(63-32(7)57)44-51-37(28-64-44)42(58)50-36(26-47(8,9)46(61)62)24-33-18-20-34(21-19-33)49-30(4)5/h18-21,27-31,36,38-41,49H,11-17,22-26H2,1-10H3,(H,50,58)(H,52,59)(H,61,62)(H,48,53,54)/t31-,36-,38+,39+,40+,41-/m0/s1. The number of carboxylic acids is 1. The zero-order valence-corrected chi connectivity index (χ0v) is 40.4. The van der Waals surface area contributed by atoms with Crippen LogP contribution in [0.25, 0.3) is 0 Å². The highest BCUT2D eigenvalue weighted by Gasteiger charge is 2.39. The lowest BCUT2D eigenvalue weighted by Crippen LogP contribution is -2.59. The van der Waals surface area contributed by atoms with Gasteiger partial charge < -0.3 is 30.7 Å². The molecule has 6 atom stereocenters. The van der Waals surface area contributed by atoms with Crippen LogP contribution in [0.15, 0.2) is 35.8 Å². The van der Waals surface area contributed by atoms with Crippen molar-refractivity contribution >= 4 is 46.7 Å². The van der Waals surface area contributed by atoms with E-state index in [0.29, 0.717) is 37.2 Å². The number of hydrogen-bond acceptors (Lipinski definition) is 12. The second kappa shape index (κ2) is 24.4. The number of thiazole rings is 1. The van der Waals surface area contributed by atoms with Crippen LogP contribution in [0.4, 0.5) is 5.69 Å². The van der Waals surface area contributed by atoms with Gasteiger partial charge in [-0.25, -0.2) is 4.98 Å². The molecule has 3 heterocycles. The molecule has 2 aromatic heterocycles. The number of carbonyl (C=O) groups excluding carboxylic acids is 4. The van der Waals surface area contributed by atoms with Crippen molar-refractivity contribution in [2.45, 2.75) is 163 Å². The summed E-state index contributed by atoms with van der Waals surface area (Å²) in [7, 11) is 1.95. The van der Waals surface area contributed by atoms with Gasteiger partial charge in [0.25, 0.3) is 5.91 Å². The maximum Gasteiger partial charge on any atom is 0.309 e. The smallest absolute Gasteiger partial charge is 0.309 e. The first kappa shape index (κ1) is 51.7. The highest BCUT2D eigenvalue weighted by atomic mass is 32.1. The van der Waals surface area contributed by atoms with Gasteiger partial charge in [-0.15, -0.1) is 11.3 Å². The first-order chi connectivity index (χ1) is 30.3. The molecule has 1 fully saturated rings. The average Bonchev–Trinajstić information content (AvgIpc) is 3.95. The molecule has 0 saturated carbocycles. The van der Waals surface area contributed by atoms with Crippen molar-refractivity contribution in [1.29, 1.82) is 0 Å². The summed E-state index contributed by atoms with van der Waals surface area (Å²) in [6, 6.07) is 6.04. The van der Waals surface area contributed by atoms with Crippen molar-refractivity contribution < 1.29 is 33.8 Å². The van der Waals surface area contributed by atoms with Crippen LogP contribution in [-0.2, 0) is 36.8 Å². The lowest BCUT2D eigenvalue weighted by Gasteiger charge is -2.40. The number of hydrogen-bond donors (Lipinski definition) is 5. The van der Waals surface area contributed by atoms with Gasteiger partial charge >= 0.3 is 11.9 Å². The Hall–Kier alpha value is -4.90. The number of amides is 3. The first-order valence-electron chi connectivity index (χ1n) is 23.0. The molecule has 0 bridgehead atoms. The zero-order chi connectivity index (χ0) is 47.1. The molecule has 5 N–H and O–H groups in total. The minimum absolute atomic E-state index is 0.105. The predicted molar refractivity (Wildman–Crippen MR) is 249 cm³/mol. The van der Waals surface area contributed by atoms with Gasteiger partial charge in [-0.3, -0.25) is 28.9 Å². The van der Waals surface area contributed by atoms with E-state index in [2.05, 4.69) is 50.1 Å². The Morgan fingerprint density at radius 2 is 1.77 bits per heavy atom. The fourth-order valence-electron chi connectivity index (χ4n) is 8.30. The number of rotatable bonds is 25. The number of carboxylic acid groups (broad SMARTS) is 1. The van der Waals surface area contributed by atoms with E-state index in [1.165, 1.54) is 18.3 Å². The topological polar surface area (TPSA) is 212 Å². The number of aromatic amines is 1. The van der Waals surface area contributed by atoms with E-state index in [9.17, 15) is 24.3 Å². The number of aryl methyl sites for hydroxylation is 1. The molecule has 1 aliphatic rings. The molecular formula is C47H73N9O7S. The number of esters is 1. The van der Waals surface area contributed by atoms with Crippen molar-refractivity contribution in [2.75, 3.05) is 25.5 Å². The monoisotopic (exact) mass is 908 g/mol. The summed E-state index contributed by atoms with van der Waals surface area (Å²) in [5.74, 6) is -2.59. The van der Waals surface area contributed by atoms with Crippen LogP contribution in [0.3, 0.4) is 0 Å². The fourth-order valence-corrected chi connectivity index (χ4v) is 9.14. The molecule has 0 spiro atoms. The van der Waals surface area contributed by atoms with Gasteiger partial charge in [0.1, 0.15) is 16.7 Å². The Bertz CT molecular complexity index is 1950. The number of H-pyrrole nitrogens is 1. The minimum Gasteiger partial charge on any atom is -0.481 e. The second-order valence-corrected chi connectivity index (χ2v) is 19.7. The van der Waals surface area contributed by atoms with Gasteiger partial charge in [0, 0.05) is 49.1 Å². The number of unbranched alkanes of at least 4 members (excludes halogenated alkanes) is 1. The molecule has 64 heavy (non-hydrogen) atoms. The van der Waals surface area contributed by atoms with Crippen LogP contribution in [0.1, 0.15) is 147 Å². The van der Waals surface area contributed by atoms with E-state index in [0.717, 1.165) is 49.2 Å². The summed E-state index contributed by atoms with van der Waals surface area (Å²) in [5.41, 5.74) is 1.70. The molecular weight excluding hydrogens is 835 g/mol. The van der Waals surface area contributed by atoms with Crippen molar-refractivity contribution in [3.05, 3.63) is 57.8 Å². The molecule has 1 aliphatic heterocycles. The van der Waals surface area contributed by atoms with Gasteiger partial charge in [0.15, 0.2) is 6.10 Å². The number of ether oxygens (including phenoxy) is 1. The van der Waals surface area contributed by atoms with Crippen molar-refractivity contribution in [2.24, 2.45) is 17.3 Å². The molecule has 17 heteroatoms. The molecule has 4 rings (SSSR count). The normalized spacial score (nSPS) is 17.0. The van der Waals surface area contributed by atoms with E-state index in [-0.39, 0.29) is 54.3 Å². The van der Waals surface area contributed by atoms with Crippen LogP contribution in [-0.4, -0.2) is 115 Å². The number of aliphatic carboxylic acids is 1. The maximum absolute atomic E-state index is 15.0. The van der Waals surface area contributed by atoms with E-state index >= 15 is 4.79 Å². The van der Waals surface area contributed by atoms with E-state index in [1.807, 2.05) is 63.9 Å². The minimum atomic E-state index is -1.13. The number of likely N-dealkylation sites (N-methyl/N-ethyl adjacent to an activating group) is 1. The summed E-state index contributed by atoms with van der Waals surface area (Å²) >= 11 is 1.19. The maximum atomic E-state index is 15.0. The van der Waals surface area contributed by atoms with Crippen LogP contribution in [0, 0.1) is 17.3 Å². The van der Waals surface area contributed by atoms with Crippen LogP contribution >= 0.6 is 11.3 Å². The summed E-state index contributed by atoms with van der Waals surface area (Å²) in [6.07, 6.45) is 6.97. The zero-order valence-electron chi connectivity index (χ0n) is 39.6. The Morgan fingerprint density at radius 3 is 2.36 bits per heavy atom. The Morgan fingerprint density at radius 1 is 1.05 bits per heavy atom. The highest BCUT2D eigenvalue weighted by molar-refractivity contribution is 7.09. The predicted octanol–water partition coefficient (Wildman–Crippen LogP) is 6.81. The number of aromatic nitrogens is 4. The van der Waals surface area contributed by atoms with E-state index in [4.69, 9.17) is 9.72 Å². The lowest BCUT2D eigenvalue weighted by atomic mass is 9.84. The molecule has 0 aliphatic carbocycles. The van der Waals surface area contributed by atoms with Gasteiger partial charge in [-0.2, -0.15) is 15.4 Å². The van der Waals surface area contributed by atoms with Gasteiger partial charge in [-0.1, -0.05) is 52.7 Å². The van der Waals surface area contributed by atoms with Gasteiger partial charge in [0.05, 0.1) is 23.3 Å². The number of nitrogens with one attached hydrogen (secondary N) is 4.